The van der Waals surface area contributed by atoms with Crippen molar-refractivity contribution in [3.8, 4) is 0 Å². The van der Waals surface area contributed by atoms with Crippen LogP contribution in [0.2, 0.25) is 0 Å². The average Bonchev–Trinajstić information content (AvgIpc) is 1.92. The third kappa shape index (κ3) is 1.59. The highest BCUT2D eigenvalue weighted by atomic mass is 19.3. The normalized spacial score (nSPS) is 12.6. The number of aliphatic hydroxyl groups excluding tert-OH is 1. The van der Waals surface area contributed by atoms with Crippen LogP contribution in [0.4, 0.5) is 17.6 Å². The van der Waals surface area contributed by atoms with Crippen molar-refractivity contribution in [1.29, 1.82) is 0 Å². The minimum Gasteiger partial charge on any atom is -0.395 e. The summed E-state index contributed by atoms with van der Waals surface area (Å²) in [6, 6.07) is 0. The van der Waals surface area contributed by atoms with Crippen LogP contribution in [0, 0.1) is 5.41 Å². The molecule has 0 fully saturated rings. The van der Waals surface area contributed by atoms with Gasteiger partial charge in [-0.1, -0.05) is 0 Å². The van der Waals surface area contributed by atoms with Gasteiger partial charge in [0.15, 0.2) is 0 Å². The van der Waals surface area contributed by atoms with Crippen molar-refractivity contribution in [2.75, 3.05) is 20.0 Å². The zero-order chi connectivity index (χ0) is 8.20. The summed E-state index contributed by atoms with van der Waals surface area (Å²) in [5.74, 6) is 0. The standard InChI is InChI=1S/C5H8F4O/c6-1-5(2-7,3-10)4(8)9/h4,10H,1-3H2. The fraction of sp³-hybridized carbons (Fsp3) is 1.00. The van der Waals surface area contributed by atoms with Crippen LogP contribution >= 0.6 is 0 Å². The molecule has 0 aliphatic rings. The highest BCUT2D eigenvalue weighted by molar-refractivity contribution is 4.79. The molecule has 0 heterocycles. The first-order valence-electron chi connectivity index (χ1n) is 2.64. The molecule has 0 radical (unpaired) electrons. The van der Waals surface area contributed by atoms with Gasteiger partial charge in [0.05, 0.1) is 6.61 Å². The molecule has 0 aromatic rings. The van der Waals surface area contributed by atoms with Crippen molar-refractivity contribution in [1.82, 2.24) is 0 Å². The third-order valence-electron chi connectivity index (χ3n) is 1.31. The quantitative estimate of drug-likeness (QED) is 0.612. The van der Waals surface area contributed by atoms with E-state index >= 15 is 0 Å². The second kappa shape index (κ2) is 3.75. The highest BCUT2D eigenvalue weighted by Gasteiger charge is 2.40. The molecule has 0 aromatic heterocycles. The Morgan fingerprint density at radius 2 is 1.60 bits per heavy atom. The first-order chi connectivity index (χ1) is 4.63. The largest absolute Gasteiger partial charge is 0.395 e. The molecular weight excluding hydrogens is 152 g/mol. The smallest absolute Gasteiger partial charge is 0.251 e. The topological polar surface area (TPSA) is 20.2 Å². The maximum absolute atomic E-state index is 11.7. The molecule has 0 aromatic carbocycles. The maximum atomic E-state index is 11.7. The summed E-state index contributed by atoms with van der Waals surface area (Å²) < 4.78 is 46.8. The zero-order valence-electron chi connectivity index (χ0n) is 5.16. The van der Waals surface area contributed by atoms with Gasteiger partial charge in [0.25, 0.3) is 6.43 Å². The molecule has 0 aliphatic heterocycles. The van der Waals surface area contributed by atoms with Gasteiger partial charge in [0.1, 0.15) is 18.8 Å². The van der Waals surface area contributed by atoms with E-state index in [1.165, 1.54) is 0 Å². The number of rotatable bonds is 4. The lowest BCUT2D eigenvalue weighted by molar-refractivity contribution is -0.0692. The lowest BCUT2D eigenvalue weighted by Crippen LogP contribution is -2.38. The summed E-state index contributed by atoms with van der Waals surface area (Å²) in [5.41, 5.74) is -2.49. The Balaban J connectivity index is 4.15. The van der Waals surface area contributed by atoms with E-state index in [2.05, 4.69) is 0 Å². The maximum Gasteiger partial charge on any atom is 0.251 e. The summed E-state index contributed by atoms with van der Waals surface area (Å²) in [5, 5.41) is 8.19. The van der Waals surface area contributed by atoms with Crippen LogP contribution in [0.15, 0.2) is 0 Å². The molecule has 0 atom stereocenters. The lowest BCUT2D eigenvalue weighted by Gasteiger charge is -2.23. The Morgan fingerprint density at radius 1 is 1.20 bits per heavy atom. The summed E-state index contributed by atoms with van der Waals surface area (Å²) in [4.78, 5) is 0. The monoisotopic (exact) mass is 160 g/mol. The van der Waals surface area contributed by atoms with E-state index in [0.29, 0.717) is 0 Å². The number of alkyl halides is 4. The molecule has 1 nitrogen and oxygen atoms in total. The SMILES string of the molecule is OCC(CF)(CF)C(F)F. The van der Waals surface area contributed by atoms with Gasteiger partial charge >= 0.3 is 0 Å². The van der Waals surface area contributed by atoms with Crippen molar-refractivity contribution in [3.63, 3.8) is 0 Å². The fourth-order valence-electron chi connectivity index (χ4n) is 0.306. The summed E-state index contributed by atoms with van der Waals surface area (Å²) in [6.45, 7) is -4.26. The number of hydrogen-bond donors (Lipinski definition) is 1. The summed E-state index contributed by atoms with van der Waals surface area (Å²) >= 11 is 0. The summed E-state index contributed by atoms with van der Waals surface area (Å²) in [6.07, 6.45) is -3.16. The molecule has 1 N–H and O–H groups in total. The molecule has 0 amide bonds. The molecule has 0 aliphatic carbocycles. The predicted octanol–water partition coefficient (Wildman–Crippen LogP) is 1.17. The van der Waals surface area contributed by atoms with Gasteiger partial charge in [-0.25, -0.2) is 8.78 Å². The van der Waals surface area contributed by atoms with E-state index < -0.39 is 31.8 Å². The highest BCUT2D eigenvalue weighted by Crippen LogP contribution is 2.26. The first kappa shape index (κ1) is 9.68. The van der Waals surface area contributed by atoms with Crippen molar-refractivity contribution in [2.24, 2.45) is 5.41 Å². The number of aliphatic hydroxyl groups is 1. The molecule has 5 heteroatoms. The van der Waals surface area contributed by atoms with Crippen LogP contribution in [-0.2, 0) is 0 Å². The van der Waals surface area contributed by atoms with E-state index in [1.807, 2.05) is 0 Å². The van der Waals surface area contributed by atoms with Crippen LogP contribution < -0.4 is 0 Å². The Labute approximate surface area is 55.7 Å². The lowest BCUT2D eigenvalue weighted by atomic mass is 9.93. The Hall–Kier alpha value is -0.320. The Morgan fingerprint density at radius 3 is 1.60 bits per heavy atom. The predicted molar refractivity (Wildman–Crippen MR) is 27.5 cm³/mol. The van der Waals surface area contributed by atoms with Crippen molar-refractivity contribution >= 4 is 0 Å². The van der Waals surface area contributed by atoms with Gasteiger partial charge in [0.2, 0.25) is 0 Å². The fourth-order valence-corrected chi connectivity index (χ4v) is 0.306. The molecular formula is C5H8F4O. The van der Waals surface area contributed by atoms with Gasteiger partial charge < -0.3 is 5.11 Å². The van der Waals surface area contributed by atoms with E-state index in [-0.39, 0.29) is 0 Å². The second-order valence-corrected chi connectivity index (χ2v) is 2.09. The minimum absolute atomic E-state index is 1.17. The van der Waals surface area contributed by atoms with Gasteiger partial charge in [0, 0.05) is 0 Å². The van der Waals surface area contributed by atoms with Crippen molar-refractivity contribution in [3.05, 3.63) is 0 Å². The molecule has 10 heavy (non-hydrogen) atoms. The van der Waals surface area contributed by atoms with Crippen molar-refractivity contribution < 1.29 is 22.7 Å². The molecule has 0 bridgehead atoms. The first-order valence-corrected chi connectivity index (χ1v) is 2.64. The van der Waals surface area contributed by atoms with Gasteiger partial charge in [-0.15, -0.1) is 0 Å². The number of halogens is 4. The van der Waals surface area contributed by atoms with E-state index in [9.17, 15) is 17.6 Å². The van der Waals surface area contributed by atoms with Crippen LogP contribution in [0.5, 0.6) is 0 Å². The summed E-state index contributed by atoms with van der Waals surface area (Å²) in [7, 11) is 0. The number of hydrogen-bond acceptors (Lipinski definition) is 1. The molecule has 0 saturated heterocycles. The molecule has 0 unspecified atom stereocenters. The van der Waals surface area contributed by atoms with Gasteiger partial charge in [-0.3, -0.25) is 8.78 Å². The van der Waals surface area contributed by atoms with Crippen LogP contribution in [0.25, 0.3) is 0 Å². The van der Waals surface area contributed by atoms with E-state index in [4.69, 9.17) is 5.11 Å². The average molecular weight is 160 g/mol. The van der Waals surface area contributed by atoms with E-state index in [0.717, 1.165) is 0 Å². The van der Waals surface area contributed by atoms with Gasteiger partial charge in [-0.2, -0.15) is 0 Å². The second-order valence-electron chi connectivity index (χ2n) is 2.09. The zero-order valence-corrected chi connectivity index (χ0v) is 5.16. The molecule has 62 valence electrons. The third-order valence-corrected chi connectivity index (χ3v) is 1.31. The van der Waals surface area contributed by atoms with Crippen LogP contribution in [0.3, 0.4) is 0 Å². The molecule has 0 saturated carbocycles. The Kier molecular flexibility index (Phi) is 3.63. The van der Waals surface area contributed by atoms with Crippen LogP contribution in [-0.4, -0.2) is 31.5 Å². The minimum atomic E-state index is -3.16. The molecule has 0 spiro atoms. The van der Waals surface area contributed by atoms with Crippen LogP contribution in [0.1, 0.15) is 0 Å². The van der Waals surface area contributed by atoms with Gasteiger partial charge in [-0.05, 0) is 0 Å². The van der Waals surface area contributed by atoms with Crippen molar-refractivity contribution in [2.45, 2.75) is 6.43 Å². The van der Waals surface area contributed by atoms with E-state index in [1.54, 1.807) is 0 Å². The molecule has 0 rings (SSSR count). The Bertz CT molecular complexity index is 83.4.